The van der Waals surface area contributed by atoms with Crippen LogP contribution in [0.25, 0.3) is 0 Å². The van der Waals surface area contributed by atoms with Gasteiger partial charge >= 0.3 is 0 Å². The van der Waals surface area contributed by atoms with Crippen molar-refractivity contribution in [2.45, 2.75) is 56.1 Å². The Hall–Kier alpha value is -2.62. The monoisotopic (exact) mass is 374 g/mol. The molecule has 1 spiro atoms. The van der Waals surface area contributed by atoms with Crippen molar-refractivity contribution in [3.05, 3.63) is 65.7 Å². The summed E-state index contributed by atoms with van der Waals surface area (Å²) in [6.07, 6.45) is 9.40. The number of nitrogens with one attached hydrogen (secondary N) is 1. The molecule has 0 saturated heterocycles. The summed E-state index contributed by atoms with van der Waals surface area (Å²) in [6.45, 7) is 0. The van der Waals surface area contributed by atoms with E-state index in [1.807, 2.05) is 30.3 Å². The van der Waals surface area contributed by atoms with Crippen molar-refractivity contribution in [3.63, 3.8) is 0 Å². The van der Waals surface area contributed by atoms with E-state index in [-0.39, 0.29) is 5.91 Å². The number of para-hydroxylation sites is 1. The second-order valence-corrected chi connectivity index (χ2v) is 8.44. The molecule has 5 rings (SSSR count). The molecule has 2 atom stereocenters. The van der Waals surface area contributed by atoms with E-state index in [0.717, 1.165) is 23.3 Å². The van der Waals surface area contributed by atoms with Gasteiger partial charge in [0.25, 0.3) is 5.91 Å². The van der Waals surface area contributed by atoms with Gasteiger partial charge in [-0.15, -0.1) is 0 Å². The van der Waals surface area contributed by atoms with Crippen LogP contribution in [0.4, 0.5) is 0 Å². The van der Waals surface area contributed by atoms with E-state index in [2.05, 4.69) is 29.6 Å². The SMILES string of the molecule is O=C1NC=NC12CC(CC1CCCCC1)(c1ccccc1)Oc1ccccc12. The molecule has 1 saturated carbocycles. The van der Waals surface area contributed by atoms with Crippen LogP contribution >= 0.6 is 0 Å². The van der Waals surface area contributed by atoms with Gasteiger partial charge in [-0.2, -0.15) is 0 Å². The number of amides is 1. The molecule has 1 amide bonds. The molecule has 2 aromatic carbocycles. The zero-order valence-electron chi connectivity index (χ0n) is 16.1. The van der Waals surface area contributed by atoms with Gasteiger partial charge in [-0.25, -0.2) is 0 Å². The molecule has 2 aliphatic heterocycles. The molecule has 0 radical (unpaired) electrons. The number of ether oxygens (including phenoxy) is 1. The van der Waals surface area contributed by atoms with Crippen molar-refractivity contribution >= 4 is 12.2 Å². The normalized spacial score (nSPS) is 29.4. The molecule has 2 aromatic rings. The van der Waals surface area contributed by atoms with Crippen molar-refractivity contribution in [1.29, 1.82) is 0 Å². The van der Waals surface area contributed by atoms with Gasteiger partial charge in [-0.05, 0) is 24.0 Å². The average molecular weight is 374 g/mol. The maximum absolute atomic E-state index is 13.0. The van der Waals surface area contributed by atoms with Crippen LogP contribution in [-0.4, -0.2) is 12.2 Å². The lowest BCUT2D eigenvalue weighted by molar-refractivity contribution is -0.128. The summed E-state index contributed by atoms with van der Waals surface area (Å²) in [7, 11) is 0. The van der Waals surface area contributed by atoms with Gasteiger partial charge < -0.3 is 10.1 Å². The highest BCUT2D eigenvalue weighted by Gasteiger charge is 2.56. The maximum Gasteiger partial charge on any atom is 0.257 e. The standard InChI is InChI=1S/C24H26N2O2/c27-22-24(26-17-25-22)16-23(19-11-5-2-6-12-19,15-18-9-3-1-4-10-18)28-21-14-8-7-13-20(21)24/h2,5-8,11-14,17-18H,1,3-4,9-10,15-16H2,(H,25,26,27). The van der Waals surface area contributed by atoms with E-state index in [9.17, 15) is 4.79 Å². The Morgan fingerprint density at radius 2 is 1.75 bits per heavy atom. The molecule has 1 aliphatic carbocycles. The summed E-state index contributed by atoms with van der Waals surface area (Å²) >= 11 is 0. The van der Waals surface area contributed by atoms with Crippen molar-refractivity contribution in [3.8, 4) is 5.75 Å². The summed E-state index contributed by atoms with van der Waals surface area (Å²) < 4.78 is 6.79. The zero-order valence-corrected chi connectivity index (χ0v) is 16.1. The van der Waals surface area contributed by atoms with Crippen LogP contribution in [0, 0.1) is 5.92 Å². The van der Waals surface area contributed by atoms with Crippen molar-refractivity contribution in [2.75, 3.05) is 0 Å². The smallest absolute Gasteiger partial charge is 0.257 e. The molecule has 4 heteroatoms. The molecule has 4 nitrogen and oxygen atoms in total. The molecule has 28 heavy (non-hydrogen) atoms. The van der Waals surface area contributed by atoms with Gasteiger partial charge in [0, 0.05) is 12.0 Å². The summed E-state index contributed by atoms with van der Waals surface area (Å²) in [5.74, 6) is 1.35. The Kier molecular flexibility index (Phi) is 4.22. The third-order valence-electron chi connectivity index (χ3n) is 6.68. The van der Waals surface area contributed by atoms with Gasteiger partial charge in [0.15, 0.2) is 5.54 Å². The molecular weight excluding hydrogens is 348 g/mol. The first-order valence-corrected chi connectivity index (χ1v) is 10.4. The average Bonchev–Trinajstić information content (AvgIpc) is 3.10. The molecule has 144 valence electrons. The van der Waals surface area contributed by atoms with Crippen molar-refractivity contribution < 1.29 is 9.53 Å². The fraction of sp³-hybridized carbons (Fsp3) is 0.417. The number of carbonyl (C=O) groups is 1. The van der Waals surface area contributed by atoms with Gasteiger partial charge in [0.05, 0.1) is 6.34 Å². The van der Waals surface area contributed by atoms with Crippen LogP contribution < -0.4 is 10.1 Å². The van der Waals surface area contributed by atoms with E-state index in [4.69, 9.17) is 9.73 Å². The van der Waals surface area contributed by atoms with Crippen LogP contribution in [0.15, 0.2) is 59.6 Å². The zero-order chi connectivity index (χ0) is 19.0. The summed E-state index contributed by atoms with van der Waals surface area (Å²) in [4.78, 5) is 17.7. The van der Waals surface area contributed by atoms with E-state index in [1.165, 1.54) is 32.1 Å². The minimum Gasteiger partial charge on any atom is -0.482 e. The number of carbonyl (C=O) groups excluding carboxylic acids is 1. The largest absolute Gasteiger partial charge is 0.482 e. The highest BCUT2D eigenvalue weighted by Crippen LogP contribution is 2.53. The number of aliphatic imine (C=N–C) groups is 1. The first-order valence-electron chi connectivity index (χ1n) is 10.4. The van der Waals surface area contributed by atoms with Gasteiger partial charge in [0.1, 0.15) is 11.4 Å². The quantitative estimate of drug-likeness (QED) is 0.847. The minimum absolute atomic E-state index is 0.0489. The van der Waals surface area contributed by atoms with Crippen LogP contribution in [0.5, 0.6) is 5.75 Å². The Labute approximate surface area is 166 Å². The number of hydrogen-bond acceptors (Lipinski definition) is 3. The Morgan fingerprint density at radius 1 is 1.00 bits per heavy atom. The molecule has 2 unspecified atom stereocenters. The van der Waals surface area contributed by atoms with Crippen LogP contribution in [0.2, 0.25) is 0 Å². The number of fused-ring (bicyclic) bond motifs is 2. The molecule has 1 fully saturated rings. The molecule has 0 bridgehead atoms. The van der Waals surface area contributed by atoms with Crippen LogP contribution in [0.1, 0.15) is 56.1 Å². The van der Waals surface area contributed by atoms with Gasteiger partial charge in [-0.1, -0.05) is 80.6 Å². The lowest BCUT2D eigenvalue weighted by atomic mass is 9.69. The number of rotatable bonds is 3. The lowest BCUT2D eigenvalue weighted by Crippen LogP contribution is -2.50. The summed E-state index contributed by atoms with van der Waals surface area (Å²) in [6, 6.07) is 18.3. The molecule has 1 N–H and O–H groups in total. The third kappa shape index (κ3) is 2.74. The minimum atomic E-state index is -0.903. The Balaban J connectivity index is 1.65. The highest BCUT2D eigenvalue weighted by atomic mass is 16.5. The highest BCUT2D eigenvalue weighted by molar-refractivity contribution is 6.01. The number of hydrogen-bond donors (Lipinski definition) is 1. The maximum atomic E-state index is 13.0. The lowest BCUT2D eigenvalue weighted by Gasteiger charge is -2.47. The van der Waals surface area contributed by atoms with Crippen LogP contribution in [0.3, 0.4) is 0 Å². The second kappa shape index (κ2) is 6.77. The molecule has 0 aromatic heterocycles. The van der Waals surface area contributed by atoms with E-state index < -0.39 is 11.1 Å². The Morgan fingerprint density at radius 3 is 2.50 bits per heavy atom. The van der Waals surface area contributed by atoms with E-state index >= 15 is 0 Å². The van der Waals surface area contributed by atoms with Crippen molar-refractivity contribution in [1.82, 2.24) is 5.32 Å². The predicted octanol–water partition coefficient (Wildman–Crippen LogP) is 4.69. The Bertz CT molecular complexity index is 904. The predicted molar refractivity (Wildman–Crippen MR) is 109 cm³/mol. The topological polar surface area (TPSA) is 50.7 Å². The fourth-order valence-electron chi connectivity index (χ4n) is 5.34. The van der Waals surface area contributed by atoms with Crippen LogP contribution in [-0.2, 0) is 15.9 Å². The van der Waals surface area contributed by atoms with Crippen molar-refractivity contribution in [2.24, 2.45) is 10.9 Å². The fourth-order valence-corrected chi connectivity index (χ4v) is 5.34. The second-order valence-electron chi connectivity index (χ2n) is 8.44. The molecular formula is C24H26N2O2. The first kappa shape index (κ1) is 17.5. The van der Waals surface area contributed by atoms with E-state index in [0.29, 0.717) is 12.3 Å². The van der Waals surface area contributed by atoms with Gasteiger partial charge in [0.2, 0.25) is 0 Å². The third-order valence-corrected chi connectivity index (χ3v) is 6.68. The van der Waals surface area contributed by atoms with E-state index in [1.54, 1.807) is 6.34 Å². The summed E-state index contributed by atoms with van der Waals surface area (Å²) in [5.41, 5.74) is 0.566. The number of nitrogens with zero attached hydrogens (tertiary/aromatic N) is 1. The molecule has 2 heterocycles. The van der Waals surface area contributed by atoms with Gasteiger partial charge in [-0.3, -0.25) is 9.79 Å². The molecule has 3 aliphatic rings. The number of benzene rings is 2. The summed E-state index contributed by atoms with van der Waals surface area (Å²) in [5, 5.41) is 2.83. The first-order chi connectivity index (χ1) is 13.7.